The van der Waals surface area contributed by atoms with Gasteiger partial charge in [-0.05, 0) is 56.8 Å². The molecule has 3 rings (SSSR count). The minimum atomic E-state index is 0.0730. The maximum absolute atomic E-state index is 12.5. The summed E-state index contributed by atoms with van der Waals surface area (Å²) in [7, 11) is 2.20. The first kappa shape index (κ1) is 16.2. The second kappa shape index (κ2) is 6.83. The van der Waals surface area contributed by atoms with Crippen LogP contribution in [0.15, 0.2) is 36.5 Å². The monoisotopic (exact) mass is 313 g/mol. The molecule has 0 bridgehead atoms. The summed E-state index contributed by atoms with van der Waals surface area (Å²) in [5, 5.41) is 0. The summed E-state index contributed by atoms with van der Waals surface area (Å²) < 4.78 is 0. The summed E-state index contributed by atoms with van der Waals surface area (Å²) in [6.45, 7) is 4.98. The van der Waals surface area contributed by atoms with Gasteiger partial charge in [-0.3, -0.25) is 9.78 Å². The summed E-state index contributed by atoms with van der Waals surface area (Å²) in [6.07, 6.45) is 11.1. The van der Waals surface area contributed by atoms with E-state index >= 15 is 0 Å². The van der Waals surface area contributed by atoms with Gasteiger partial charge in [0.25, 0.3) is 5.91 Å². The van der Waals surface area contributed by atoms with Crippen LogP contribution in [0.3, 0.4) is 0 Å². The maximum Gasteiger partial charge on any atom is 0.272 e. The zero-order valence-corrected chi connectivity index (χ0v) is 14.2. The molecule has 4 heteroatoms. The van der Waals surface area contributed by atoms with Gasteiger partial charge in [0.1, 0.15) is 5.69 Å². The van der Waals surface area contributed by atoms with E-state index in [1.807, 2.05) is 17.0 Å². The van der Waals surface area contributed by atoms with Crippen molar-refractivity contribution >= 4 is 5.91 Å². The highest BCUT2D eigenvalue weighted by Crippen LogP contribution is 2.41. The van der Waals surface area contributed by atoms with E-state index in [1.54, 1.807) is 12.3 Å². The van der Waals surface area contributed by atoms with E-state index in [2.05, 4.69) is 36.0 Å². The number of hydrogen-bond donors (Lipinski definition) is 0. The summed E-state index contributed by atoms with van der Waals surface area (Å²) in [6, 6.07) is 6.11. The molecular weight excluding hydrogens is 286 g/mol. The Bertz CT molecular complexity index is 561. The van der Waals surface area contributed by atoms with Crippen molar-refractivity contribution in [2.75, 3.05) is 26.7 Å². The molecule has 1 aromatic rings. The molecule has 1 aromatic heterocycles. The predicted molar refractivity (Wildman–Crippen MR) is 92.3 cm³/mol. The van der Waals surface area contributed by atoms with Crippen LogP contribution in [0.5, 0.6) is 0 Å². The Labute approximate surface area is 139 Å². The highest BCUT2D eigenvalue weighted by molar-refractivity contribution is 5.92. The maximum atomic E-state index is 12.5. The van der Waals surface area contributed by atoms with Gasteiger partial charge in [0.2, 0.25) is 0 Å². The van der Waals surface area contributed by atoms with Crippen molar-refractivity contribution in [3.05, 3.63) is 42.2 Å². The Balaban J connectivity index is 1.60. The average Bonchev–Trinajstić information content (AvgIpc) is 2.62. The number of piperidine rings is 1. The van der Waals surface area contributed by atoms with Crippen LogP contribution in [0.1, 0.15) is 43.1 Å². The largest absolute Gasteiger partial charge is 0.337 e. The number of carbonyl (C=O) groups excluding carboxylic acids is 1. The first-order valence-corrected chi connectivity index (χ1v) is 8.73. The van der Waals surface area contributed by atoms with E-state index in [0.717, 1.165) is 32.5 Å². The molecule has 0 radical (unpaired) electrons. The molecule has 0 unspecified atom stereocenters. The highest BCUT2D eigenvalue weighted by Gasteiger charge is 2.36. The number of carbonyl (C=O) groups is 1. The number of rotatable bonds is 3. The van der Waals surface area contributed by atoms with E-state index in [9.17, 15) is 4.79 Å². The van der Waals surface area contributed by atoms with Gasteiger partial charge in [-0.2, -0.15) is 0 Å². The fraction of sp³-hybridized carbons (Fsp3) is 0.579. The van der Waals surface area contributed by atoms with Crippen LogP contribution in [-0.4, -0.2) is 53.4 Å². The second-order valence-corrected chi connectivity index (χ2v) is 6.91. The summed E-state index contributed by atoms with van der Waals surface area (Å²) in [5.41, 5.74) is 0.874. The van der Waals surface area contributed by atoms with Crippen LogP contribution < -0.4 is 0 Å². The third kappa shape index (κ3) is 3.47. The summed E-state index contributed by atoms with van der Waals surface area (Å²) in [5.74, 6) is 0.0730. The SMILES string of the molecule is CCN(C)[C@@H]1C=CC2(CC1)CCN(C(=O)c1ccccn1)CC2. The van der Waals surface area contributed by atoms with Gasteiger partial charge >= 0.3 is 0 Å². The smallest absolute Gasteiger partial charge is 0.272 e. The number of aromatic nitrogens is 1. The van der Waals surface area contributed by atoms with Crippen LogP contribution in [-0.2, 0) is 0 Å². The number of nitrogens with zero attached hydrogens (tertiary/aromatic N) is 3. The lowest BCUT2D eigenvalue weighted by Crippen LogP contribution is -2.44. The van der Waals surface area contributed by atoms with Crippen molar-refractivity contribution in [2.24, 2.45) is 5.41 Å². The van der Waals surface area contributed by atoms with E-state index in [4.69, 9.17) is 0 Å². The minimum absolute atomic E-state index is 0.0730. The molecule has 1 saturated heterocycles. The molecular formula is C19H27N3O. The summed E-state index contributed by atoms with van der Waals surface area (Å²) in [4.78, 5) is 21.0. The van der Waals surface area contributed by atoms with Gasteiger partial charge in [-0.1, -0.05) is 25.1 Å². The number of likely N-dealkylation sites (N-methyl/N-ethyl adjacent to an activating group) is 1. The quantitative estimate of drug-likeness (QED) is 0.805. The molecule has 0 aromatic carbocycles. The number of pyridine rings is 1. The first-order chi connectivity index (χ1) is 11.1. The normalized spacial score (nSPS) is 23.4. The fourth-order valence-corrected chi connectivity index (χ4v) is 3.75. The van der Waals surface area contributed by atoms with Gasteiger partial charge in [-0.25, -0.2) is 0 Å². The molecule has 1 atom stereocenters. The molecule has 1 amide bonds. The average molecular weight is 313 g/mol. The van der Waals surface area contributed by atoms with E-state index in [0.29, 0.717) is 17.2 Å². The molecule has 1 aliphatic heterocycles. The third-order valence-corrected chi connectivity index (χ3v) is 5.61. The minimum Gasteiger partial charge on any atom is -0.337 e. The van der Waals surface area contributed by atoms with Crippen molar-refractivity contribution in [1.29, 1.82) is 0 Å². The van der Waals surface area contributed by atoms with Crippen molar-refractivity contribution in [2.45, 2.75) is 38.6 Å². The molecule has 1 fully saturated rings. The molecule has 0 N–H and O–H groups in total. The van der Waals surface area contributed by atoms with E-state index < -0.39 is 0 Å². The van der Waals surface area contributed by atoms with Gasteiger partial charge in [-0.15, -0.1) is 0 Å². The number of amides is 1. The number of hydrogen-bond acceptors (Lipinski definition) is 3. The first-order valence-electron chi connectivity index (χ1n) is 8.73. The van der Waals surface area contributed by atoms with E-state index in [-0.39, 0.29) is 5.91 Å². The zero-order valence-electron chi connectivity index (χ0n) is 14.2. The molecule has 1 spiro atoms. The zero-order chi connectivity index (χ0) is 16.3. The second-order valence-electron chi connectivity index (χ2n) is 6.91. The molecule has 1 aliphatic carbocycles. The van der Waals surface area contributed by atoms with Gasteiger partial charge in [0, 0.05) is 25.3 Å². The van der Waals surface area contributed by atoms with Gasteiger partial charge in [0.15, 0.2) is 0 Å². The predicted octanol–water partition coefficient (Wildman–Crippen LogP) is 2.97. The Morgan fingerprint density at radius 1 is 1.35 bits per heavy atom. The van der Waals surface area contributed by atoms with Crippen LogP contribution in [0.2, 0.25) is 0 Å². The van der Waals surface area contributed by atoms with E-state index in [1.165, 1.54) is 12.8 Å². The van der Waals surface area contributed by atoms with Gasteiger partial charge in [0.05, 0.1) is 0 Å². The van der Waals surface area contributed by atoms with Crippen LogP contribution in [0, 0.1) is 5.41 Å². The standard InChI is InChI=1S/C19H27N3O/c1-3-21(2)16-7-9-19(10-8-16)11-14-22(15-12-19)18(23)17-6-4-5-13-20-17/h4-7,9,13,16H,3,8,10-12,14-15H2,1-2H3/t16-/m1/s1. The molecule has 124 valence electrons. The Hall–Kier alpha value is -1.68. The van der Waals surface area contributed by atoms with Crippen LogP contribution in [0.25, 0.3) is 0 Å². The van der Waals surface area contributed by atoms with Crippen molar-refractivity contribution in [1.82, 2.24) is 14.8 Å². The lowest BCUT2D eigenvalue weighted by atomic mass is 9.71. The molecule has 2 heterocycles. The summed E-state index contributed by atoms with van der Waals surface area (Å²) >= 11 is 0. The highest BCUT2D eigenvalue weighted by atomic mass is 16.2. The van der Waals surface area contributed by atoms with Crippen molar-refractivity contribution in [3.8, 4) is 0 Å². The lowest BCUT2D eigenvalue weighted by Gasteiger charge is -2.43. The molecule has 4 nitrogen and oxygen atoms in total. The van der Waals surface area contributed by atoms with Gasteiger partial charge < -0.3 is 9.80 Å². The number of allylic oxidation sites excluding steroid dienone is 1. The number of likely N-dealkylation sites (tertiary alicyclic amines) is 1. The molecule has 0 saturated carbocycles. The van der Waals surface area contributed by atoms with Crippen LogP contribution >= 0.6 is 0 Å². The molecule has 2 aliphatic rings. The topological polar surface area (TPSA) is 36.4 Å². The fourth-order valence-electron chi connectivity index (χ4n) is 3.75. The third-order valence-electron chi connectivity index (χ3n) is 5.61. The Kier molecular flexibility index (Phi) is 4.81. The lowest BCUT2D eigenvalue weighted by molar-refractivity contribution is 0.0604. The molecule has 23 heavy (non-hydrogen) atoms. The Morgan fingerprint density at radius 2 is 2.13 bits per heavy atom. The van der Waals surface area contributed by atoms with Crippen molar-refractivity contribution < 1.29 is 4.79 Å². The van der Waals surface area contributed by atoms with Crippen molar-refractivity contribution in [3.63, 3.8) is 0 Å². The van der Waals surface area contributed by atoms with Crippen LogP contribution in [0.4, 0.5) is 0 Å². The Morgan fingerprint density at radius 3 is 2.70 bits per heavy atom.